The number of unbranched alkanes of at least 4 members (excludes halogenated alkanes) is 4. The van der Waals surface area contributed by atoms with Gasteiger partial charge in [-0.1, -0.05) is 51.9 Å². The lowest BCUT2D eigenvalue weighted by atomic mass is 9.60. The fourth-order valence-corrected chi connectivity index (χ4v) is 7.57. The van der Waals surface area contributed by atoms with E-state index in [0.717, 1.165) is 36.5 Å². The van der Waals surface area contributed by atoms with Crippen LogP contribution in [0.5, 0.6) is 11.5 Å². The van der Waals surface area contributed by atoms with E-state index < -0.39 is 30.0 Å². The van der Waals surface area contributed by atoms with Crippen LogP contribution in [0.25, 0.3) is 0 Å². The molecule has 7 heteroatoms. The van der Waals surface area contributed by atoms with E-state index in [0.29, 0.717) is 30.9 Å². The van der Waals surface area contributed by atoms with Gasteiger partial charge in [-0.2, -0.15) is 8.78 Å². The summed E-state index contributed by atoms with van der Waals surface area (Å²) in [6.45, 7) is -1.08. The largest absolute Gasteiger partial charge is 0.429 e. The molecule has 3 saturated carbocycles. The van der Waals surface area contributed by atoms with Crippen molar-refractivity contribution in [1.29, 1.82) is 0 Å². The summed E-state index contributed by atoms with van der Waals surface area (Å²) in [6, 6.07) is 1.42. The molecule has 38 heavy (non-hydrogen) atoms. The lowest BCUT2D eigenvalue weighted by molar-refractivity contribution is -0.140. The summed E-state index contributed by atoms with van der Waals surface area (Å²) in [7, 11) is 0. The van der Waals surface area contributed by atoms with Crippen LogP contribution in [0.15, 0.2) is 12.1 Å². The van der Waals surface area contributed by atoms with Crippen LogP contribution in [0.2, 0.25) is 0 Å². The fourth-order valence-electron chi connectivity index (χ4n) is 7.57. The highest BCUT2D eigenvalue weighted by molar-refractivity contribution is 5.75. The van der Waals surface area contributed by atoms with Gasteiger partial charge in [-0.25, -0.2) is 8.78 Å². The minimum absolute atomic E-state index is 0.307. The molecule has 0 amide bonds. The highest BCUT2D eigenvalue weighted by Gasteiger charge is 2.39. The van der Waals surface area contributed by atoms with Crippen molar-refractivity contribution in [3.63, 3.8) is 0 Å². The second kappa shape index (κ2) is 14.0. The maximum absolute atomic E-state index is 14.0. The van der Waals surface area contributed by atoms with Crippen LogP contribution in [-0.2, 0) is 4.79 Å². The average Bonchev–Trinajstić information content (AvgIpc) is 2.90. The Balaban J connectivity index is 1.19. The first kappa shape index (κ1) is 29.2. The highest BCUT2D eigenvalue weighted by Crippen LogP contribution is 2.49. The summed E-state index contributed by atoms with van der Waals surface area (Å²) in [4.78, 5) is 12.7. The van der Waals surface area contributed by atoms with Gasteiger partial charge in [0, 0.05) is 12.1 Å². The Labute approximate surface area is 225 Å². The van der Waals surface area contributed by atoms with Crippen LogP contribution in [0.3, 0.4) is 0 Å². The molecule has 0 saturated heterocycles. The maximum atomic E-state index is 14.0. The van der Waals surface area contributed by atoms with Gasteiger partial charge in [-0.15, -0.1) is 0 Å². The maximum Gasteiger partial charge on any atom is 0.387 e. The van der Waals surface area contributed by atoms with Gasteiger partial charge in [0.05, 0.1) is 5.92 Å². The molecule has 0 spiro atoms. The van der Waals surface area contributed by atoms with E-state index in [9.17, 15) is 22.4 Å². The molecule has 0 aromatic heterocycles. The van der Waals surface area contributed by atoms with E-state index in [4.69, 9.17) is 4.74 Å². The lowest BCUT2D eigenvalue weighted by Gasteiger charge is -2.45. The lowest BCUT2D eigenvalue weighted by Crippen LogP contribution is -2.35. The molecular weight excluding hydrogens is 496 g/mol. The van der Waals surface area contributed by atoms with Crippen LogP contribution < -0.4 is 9.47 Å². The molecular formula is C31H44F4O3. The Kier molecular flexibility index (Phi) is 10.8. The molecule has 4 rings (SSSR count). The van der Waals surface area contributed by atoms with E-state index in [2.05, 4.69) is 11.7 Å². The number of fused-ring (bicyclic) bond motifs is 1. The first-order chi connectivity index (χ1) is 18.3. The molecule has 3 nitrogen and oxygen atoms in total. The summed E-state index contributed by atoms with van der Waals surface area (Å²) in [5, 5.41) is 0. The SMILES string of the molecule is CCCCCCCC1CCC2CC(C3CCC(C(=O)Oc4cc(F)c(OC(F)F)c(F)c4)CC3)CCC2C1. The van der Waals surface area contributed by atoms with Crippen molar-refractivity contribution in [2.75, 3.05) is 0 Å². The number of alkyl halides is 2. The molecule has 214 valence electrons. The predicted molar refractivity (Wildman–Crippen MR) is 139 cm³/mol. The van der Waals surface area contributed by atoms with Crippen molar-refractivity contribution in [1.82, 2.24) is 0 Å². The number of hydrogen-bond acceptors (Lipinski definition) is 3. The Morgan fingerprint density at radius 1 is 0.816 bits per heavy atom. The summed E-state index contributed by atoms with van der Waals surface area (Å²) in [6.07, 6.45) is 19.9. The van der Waals surface area contributed by atoms with Crippen molar-refractivity contribution < 1.29 is 31.8 Å². The molecule has 4 atom stereocenters. The molecule has 4 unspecified atom stereocenters. The van der Waals surface area contributed by atoms with Gasteiger partial charge in [0.15, 0.2) is 17.4 Å². The van der Waals surface area contributed by atoms with Crippen molar-refractivity contribution in [2.45, 2.75) is 116 Å². The van der Waals surface area contributed by atoms with E-state index in [1.807, 2.05) is 0 Å². The van der Waals surface area contributed by atoms with E-state index >= 15 is 0 Å². The summed E-state index contributed by atoms with van der Waals surface area (Å²) >= 11 is 0. The van der Waals surface area contributed by atoms with E-state index in [1.54, 1.807) is 0 Å². The van der Waals surface area contributed by atoms with Crippen molar-refractivity contribution in [3.05, 3.63) is 23.8 Å². The standard InChI is InChI=1S/C31H44F4O3/c1-2-3-4-5-6-7-20-8-9-25-17-24(15-14-23(25)16-20)21-10-12-22(13-11-21)30(36)37-26-18-27(32)29(28(33)19-26)38-31(34)35/h18-25,31H,2-17H2,1H3. The van der Waals surface area contributed by atoms with E-state index in [1.165, 1.54) is 77.0 Å². The molecule has 3 fully saturated rings. The number of ether oxygens (including phenoxy) is 2. The van der Waals surface area contributed by atoms with Crippen LogP contribution in [0.1, 0.15) is 110 Å². The van der Waals surface area contributed by atoms with Crippen LogP contribution in [0.4, 0.5) is 17.6 Å². The van der Waals surface area contributed by atoms with Gasteiger partial charge in [-0.3, -0.25) is 4.79 Å². The molecule has 0 bridgehead atoms. The number of esters is 1. The molecule has 3 aliphatic carbocycles. The monoisotopic (exact) mass is 540 g/mol. The zero-order valence-electron chi connectivity index (χ0n) is 22.7. The first-order valence-corrected chi connectivity index (χ1v) is 15.0. The average molecular weight is 541 g/mol. The van der Waals surface area contributed by atoms with Gasteiger partial charge in [0.25, 0.3) is 0 Å². The second-order valence-corrected chi connectivity index (χ2v) is 12.1. The van der Waals surface area contributed by atoms with Gasteiger partial charge >= 0.3 is 12.6 Å². The van der Waals surface area contributed by atoms with E-state index in [-0.39, 0.29) is 11.7 Å². The second-order valence-electron chi connectivity index (χ2n) is 12.1. The number of carbonyl (C=O) groups excluding carboxylic acids is 1. The normalized spacial score (nSPS) is 29.6. The molecule has 0 aliphatic heterocycles. The highest BCUT2D eigenvalue weighted by atomic mass is 19.3. The van der Waals surface area contributed by atoms with Gasteiger partial charge in [-0.05, 0) is 87.4 Å². The molecule has 1 aromatic rings. The van der Waals surface area contributed by atoms with Gasteiger partial charge < -0.3 is 9.47 Å². The minimum atomic E-state index is -3.35. The summed E-state index contributed by atoms with van der Waals surface area (Å²) < 4.78 is 61.7. The third-order valence-corrected chi connectivity index (χ3v) is 9.65. The Morgan fingerprint density at radius 2 is 1.39 bits per heavy atom. The van der Waals surface area contributed by atoms with Crippen LogP contribution in [-0.4, -0.2) is 12.6 Å². The number of hydrogen-bond donors (Lipinski definition) is 0. The molecule has 3 aliphatic rings. The van der Waals surface area contributed by atoms with Crippen LogP contribution in [0, 0.1) is 47.1 Å². The number of carbonyl (C=O) groups is 1. The molecule has 0 heterocycles. The smallest absolute Gasteiger partial charge is 0.387 e. The molecule has 1 aromatic carbocycles. The molecule has 0 radical (unpaired) electrons. The third kappa shape index (κ3) is 7.88. The zero-order chi connectivity index (χ0) is 27.1. The Hall–Kier alpha value is -1.79. The quantitative estimate of drug-likeness (QED) is 0.121. The minimum Gasteiger partial charge on any atom is -0.429 e. The van der Waals surface area contributed by atoms with Crippen molar-refractivity contribution in [2.24, 2.45) is 35.5 Å². The fraction of sp³-hybridized carbons (Fsp3) is 0.774. The zero-order valence-corrected chi connectivity index (χ0v) is 22.7. The van der Waals surface area contributed by atoms with Gasteiger partial charge in [0.1, 0.15) is 5.75 Å². The summed E-state index contributed by atoms with van der Waals surface area (Å²) in [5.74, 6) is -0.886. The van der Waals surface area contributed by atoms with Crippen molar-refractivity contribution >= 4 is 5.97 Å². The number of halogens is 4. The first-order valence-electron chi connectivity index (χ1n) is 15.0. The summed E-state index contributed by atoms with van der Waals surface area (Å²) in [5.41, 5.74) is 0. The predicted octanol–water partition coefficient (Wildman–Crippen LogP) is 9.47. The van der Waals surface area contributed by atoms with Crippen molar-refractivity contribution in [3.8, 4) is 11.5 Å². The Bertz CT molecular complexity index is 876. The number of rotatable bonds is 11. The van der Waals surface area contributed by atoms with Gasteiger partial charge in [0.2, 0.25) is 0 Å². The topological polar surface area (TPSA) is 35.5 Å². The third-order valence-electron chi connectivity index (χ3n) is 9.65. The van der Waals surface area contributed by atoms with Crippen LogP contribution >= 0.6 is 0 Å². The molecule has 0 N–H and O–H groups in total. The Morgan fingerprint density at radius 3 is 2.05 bits per heavy atom. The number of benzene rings is 1.